The van der Waals surface area contributed by atoms with Gasteiger partial charge in [-0.05, 0) is 24.3 Å². The summed E-state index contributed by atoms with van der Waals surface area (Å²) < 4.78 is 10.0. The smallest absolute Gasteiger partial charge is 0.293 e. The SMILES string of the molecule is O=C(Nc1cc(-c2cccnc2)no1)c1ccco1. The summed E-state index contributed by atoms with van der Waals surface area (Å²) in [6.07, 6.45) is 4.76. The Balaban J connectivity index is 1.77. The normalized spacial score (nSPS) is 10.3. The van der Waals surface area contributed by atoms with Gasteiger partial charge in [0, 0.05) is 24.0 Å². The second-order valence-electron chi connectivity index (χ2n) is 3.75. The minimum Gasteiger partial charge on any atom is -0.459 e. The van der Waals surface area contributed by atoms with Crippen molar-refractivity contribution in [1.82, 2.24) is 10.1 Å². The van der Waals surface area contributed by atoms with E-state index in [1.165, 1.54) is 6.26 Å². The highest BCUT2D eigenvalue weighted by Crippen LogP contribution is 2.20. The first kappa shape index (κ1) is 11.2. The van der Waals surface area contributed by atoms with Crippen LogP contribution in [0.25, 0.3) is 11.3 Å². The van der Waals surface area contributed by atoms with E-state index in [9.17, 15) is 4.79 Å². The Kier molecular flexibility index (Phi) is 2.82. The lowest BCUT2D eigenvalue weighted by molar-refractivity contribution is 0.0993. The largest absolute Gasteiger partial charge is 0.459 e. The summed E-state index contributed by atoms with van der Waals surface area (Å²) in [5, 5.41) is 6.41. The Labute approximate surface area is 108 Å². The number of hydrogen-bond donors (Lipinski definition) is 1. The molecule has 0 bridgehead atoms. The van der Waals surface area contributed by atoms with Crippen LogP contribution in [0.1, 0.15) is 10.6 Å². The zero-order valence-corrected chi connectivity index (χ0v) is 9.74. The van der Waals surface area contributed by atoms with Gasteiger partial charge < -0.3 is 8.94 Å². The lowest BCUT2D eigenvalue weighted by atomic mass is 10.2. The lowest BCUT2D eigenvalue weighted by Crippen LogP contribution is -2.09. The fourth-order valence-corrected chi connectivity index (χ4v) is 1.57. The summed E-state index contributed by atoms with van der Waals surface area (Å²) in [7, 11) is 0. The number of carbonyl (C=O) groups excluding carboxylic acids is 1. The van der Waals surface area contributed by atoms with E-state index in [-0.39, 0.29) is 17.6 Å². The highest BCUT2D eigenvalue weighted by atomic mass is 16.5. The first-order valence-electron chi connectivity index (χ1n) is 5.55. The number of carbonyl (C=O) groups is 1. The standard InChI is InChI=1S/C13H9N3O3/c17-13(11-4-2-6-18-11)15-12-7-10(16-19-12)9-3-1-5-14-8-9/h1-8H,(H,15,17). The summed E-state index contributed by atoms with van der Waals surface area (Å²) in [6.45, 7) is 0. The molecule has 0 saturated heterocycles. The van der Waals surface area contributed by atoms with Gasteiger partial charge in [-0.25, -0.2) is 0 Å². The van der Waals surface area contributed by atoms with E-state index >= 15 is 0 Å². The Morgan fingerprint density at radius 1 is 1.26 bits per heavy atom. The average molecular weight is 255 g/mol. The molecule has 1 amide bonds. The van der Waals surface area contributed by atoms with E-state index < -0.39 is 0 Å². The maximum absolute atomic E-state index is 11.7. The Morgan fingerprint density at radius 3 is 2.95 bits per heavy atom. The second kappa shape index (κ2) is 4.77. The van der Waals surface area contributed by atoms with Crippen LogP contribution in [-0.2, 0) is 0 Å². The number of pyridine rings is 1. The molecule has 0 aliphatic rings. The fourth-order valence-electron chi connectivity index (χ4n) is 1.57. The van der Waals surface area contributed by atoms with Crippen LogP contribution in [0.15, 0.2) is 57.9 Å². The quantitative estimate of drug-likeness (QED) is 0.777. The van der Waals surface area contributed by atoms with Crippen LogP contribution in [0.3, 0.4) is 0 Å². The number of aromatic nitrogens is 2. The lowest BCUT2D eigenvalue weighted by Gasteiger charge is -1.95. The molecule has 94 valence electrons. The predicted octanol–water partition coefficient (Wildman–Crippen LogP) is 2.58. The van der Waals surface area contributed by atoms with Crippen molar-refractivity contribution in [3.63, 3.8) is 0 Å². The van der Waals surface area contributed by atoms with Crippen LogP contribution in [0.2, 0.25) is 0 Å². The van der Waals surface area contributed by atoms with Gasteiger partial charge in [-0.2, -0.15) is 0 Å². The van der Waals surface area contributed by atoms with Crippen molar-refractivity contribution in [2.75, 3.05) is 5.32 Å². The minimum atomic E-state index is -0.390. The van der Waals surface area contributed by atoms with Gasteiger partial charge in [0.2, 0.25) is 5.88 Å². The molecule has 0 aromatic carbocycles. The Hall–Kier alpha value is -2.89. The number of rotatable bonds is 3. The number of furan rings is 1. The van der Waals surface area contributed by atoms with Crippen molar-refractivity contribution in [2.45, 2.75) is 0 Å². The van der Waals surface area contributed by atoms with Crippen molar-refractivity contribution < 1.29 is 13.7 Å². The molecule has 6 nitrogen and oxygen atoms in total. The van der Waals surface area contributed by atoms with Crippen LogP contribution < -0.4 is 5.32 Å². The third-order valence-electron chi connectivity index (χ3n) is 2.45. The third-order valence-corrected chi connectivity index (χ3v) is 2.45. The molecule has 0 aliphatic heterocycles. The van der Waals surface area contributed by atoms with Crippen molar-refractivity contribution in [3.8, 4) is 11.3 Å². The maximum Gasteiger partial charge on any atom is 0.293 e. The van der Waals surface area contributed by atoms with Gasteiger partial charge in [0.1, 0.15) is 5.69 Å². The van der Waals surface area contributed by atoms with Gasteiger partial charge in [-0.1, -0.05) is 5.16 Å². The third kappa shape index (κ3) is 2.37. The van der Waals surface area contributed by atoms with Gasteiger partial charge in [0.05, 0.1) is 6.26 Å². The summed E-state index contributed by atoms with van der Waals surface area (Å²) in [4.78, 5) is 15.7. The van der Waals surface area contributed by atoms with Gasteiger partial charge in [0.15, 0.2) is 5.76 Å². The molecule has 3 rings (SSSR count). The summed E-state index contributed by atoms with van der Waals surface area (Å²) in [5.74, 6) is 0.0680. The summed E-state index contributed by atoms with van der Waals surface area (Å²) in [6, 6.07) is 8.47. The van der Waals surface area contributed by atoms with Crippen molar-refractivity contribution in [1.29, 1.82) is 0 Å². The van der Waals surface area contributed by atoms with Gasteiger partial charge >= 0.3 is 0 Å². The number of nitrogens with one attached hydrogen (secondary N) is 1. The molecule has 0 spiro atoms. The summed E-state index contributed by atoms with van der Waals surface area (Å²) >= 11 is 0. The average Bonchev–Trinajstić information content (AvgIpc) is 3.11. The van der Waals surface area contributed by atoms with Crippen LogP contribution in [0.5, 0.6) is 0 Å². The Morgan fingerprint density at radius 2 is 2.21 bits per heavy atom. The molecule has 0 radical (unpaired) electrons. The van der Waals surface area contributed by atoms with Crippen LogP contribution in [0, 0.1) is 0 Å². The molecular weight excluding hydrogens is 246 g/mol. The Bertz CT molecular complexity index is 674. The molecule has 0 fully saturated rings. The number of anilines is 1. The van der Waals surface area contributed by atoms with Gasteiger partial charge in [-0.3, -0.25) is 15.1 Å². The van der Waals surface area contributed by atoms with Crippen LogP contribution in [-0.4, -0.2) is 16.0 Å². The number of hydrogen-bond acceptors (Lipinski definition) is 5. The van der Waals surface area contributed by atoms with Gasteiger partial charge in [0.25, 0.3) is 5.91 Å². The molecule has 0 saturated carbocycles. The maximum atomic E-state index is 11.7. The van der Waals surface area contributed by atoms with E-state index in [0.29, 0.717) is 5.69 Å². The highest BCUT2D eigenvalue weighted by molar-refractivity contribution is 6.01. The van der Waals surface area contributed by atoms with Crippen molar-refractivity contribution in [3.05, 3.63) is 54.7 Å². The first-order chi connectivity index (χ1) is 9.33. The molecule has 0 aliphatic carbocycles. The molecular formula is C13H9N3O3. The molecule has 1 N–H and O–H groups in total. The first-order valence-corrected chi connectivity index (χ1v) is 5.55. The van der Waals surface area contributed by atoms with Gasteiger partial charge in [-0.15, -0.1) is 0 Å². The number of amides is 1. The monoisotopic (exact) mass is 255 g/mol. The van der Waals surface area contributed by atoms with Crippen molar-refractivity contribution in [2.24, 2.45) is 0 Å². The van der Waals surface area contributed by atoms with E-state index in [4.69, 9.17) is 8.94 Å². The van der Waals surface area contributed by atoms with Crippen LogP contribution in [0.4, 0.5) is 5.88 Å². The summed E-state index contributed by atoms with van der Waals surface area (Å²) in [5.41, 5.74) is 1.41. The van der Waals surface area contributed by atoms with Crippen molar-refractivity contribution >= 4 is 11.8 Å². The van der Waals surface area contributed by atoms with E-state index in [1.54, 1.807) is 36.7 Å². The topological polar surface area (TPSA) is 81.2 Å². The molecule has 6 heteroatoms. The molecule has 0 atom stereocenters. The zero-order valence-electron chi connectivity index (χ0n) is 9.74. The van der Waals surface area contributed by atoms with E-state index in [1.807, 2.05) is 6.07 Å². The number of nitrogens with zero attached hydrogens (tertiary/aromatic N) is 2. The van der Waals surface area contributed by atoms with E-state index in [0.717, 1.165) is 5.56 Å². The van der Waals surface area contributed by atoms with Crippen LogP contribution >= 0.6 is 0 Å². The fraction of sp³-hybridized carbons (Fsp3) is 0. The second-order valence-corrected chi connectivity index (χ2v) is 3.75. The van der Waals surface area contributed by atoms with E-state index in [2.05, 4.69) is 15.5 Å². The molecule has 3 aromatic heterocycles. The molecule has 19 heavy (non-hydrogen) atoms. The minimum absolute atomic E-state index is 0.208. The highest BCUT2D eigenvalue weighted by Gasteiger charge is 2.12. The predicted molar refractivity (Wildman–Crippen MR) is 66.4 cm³/mol. The molecule has 3 aromatic rings. The molecule has 0 unspecified atom stereocenters. The zero-order chi connectivity index (χ0) is 13.1. The molecule has 3 heterocycles.